The molecule has 0 radical (unpaired) electrons. The van der Waals surface area contributed by atoms with Crippen LogP contribution in [-0.2, 0) is 22.6 Å². The second kappa shape index (κ2) is 7.85. The highest BCUT2D eigenvalue weighted by molar-refractivity contribution is 7.15. The monoisotopic (exact) mass is 305 g/mol. The molecule has 6 heteroatoms. The highest BCUT2D eigenvalue weighted by Gasteiger charge is 2.08. The van der Waals surface area contributed by atoms with Gasteiger partial charge in [0.1, 0.15) is 11.6 Å². The number of hydrogen-bond donors (Lipinski definition) is 1. The van der Waals surface area contributed by atoms with Gasteiger partial charge in [-0.05, 0) is 25.3 Å². The second-order valence-electron chi connectivity index (χ2n) is 4.82. The van der Waals surface area contributed by atoms with Crippen LogP contribution in [0.1, 0.15) is 29.0 Å². The van der Waals surface area contributed by atoms with Gasteiger partial charge in [0, 0.05) is 13.5 Å². The molecule has 2 rings (SSSR count). The van der Waals surface area contributed by atoms with E-state index in [0.717, 1.165) is 17.8 Å². The number of carbonyl (C=O) groups is 1. The fourth-order valence-corrected chi connectivity index (χ4v) is 2.60. The molecule has 5 nitrogen and oxygen atoms in total. The number of ether oxygens (including phenoxy) is 1. The number of nitrogens with one attached hydrogen (secondary N) is 1. The summed E-state index contributed by atoms with van der Waals surface area (Å²) >= 11 is 1.34. The lowest BCUT2D eigenvalue weighted by Crippen LogP contribution is -2.11. The fourth-order valence-electron chi connectivity index (χ4n) is 1.88. The number of hydrogen-bond acceptors (Lipinski definition) is 5. The van der Waals surface area contributed by atoms with E-state index in [9.17, 15) is 4.79 Å². The third-order valence-corrected chi connectivity index (χ3v) is 3.78. The van der Waals surface area contributed by atoms with Crippen LogP contribution < -0.4 is 5.32 Å². The molecule has 0 saturated carbocycles. The maximum Gasteiger partial charge on any atom is 0.226 e. The molecule has 1 N–H and O–H groups in total. The number of methoxy groups -OCH3 is 1. The summed E-state index contributed by atoms with van der Waals surface area (Å²) in [6.07, 6.45) is 2.20. The third-order valence-electron chi connectivity index (χ3n) is 2.97. The van der Waals surface area contributed by atoms with Gasteiger partial charge in [-0.3, -0.25) is 4.79 Å². The number of benzene rings is 1. The average Bonchev–Trinajstić information content (AvgIpc) is 2.89. The van der Waals surface area contributed by atoms with Crippen LogP contribution in [0.2, 0.25) is 0 Å². The summed E-state index contributed by atoms with van der Waals surface area (Å²) in [4.78, 5) is 11.8. The first-order chi connectivity index (χ1) is 10.2. The summed E-state index contributed by atoms with van der Waals surface area (Å²) in [6, 6.07) is 8.39. The van der Waals surface area contributed by atoms with Crippen LogP contribution in [-0.4, -0.2) is 23.2 Å². The normalized spacial score (nSPS) is 10.6. The van der Waals surface area contributed by atoms with Gasteiger partial charge < -0.3 is 10.1 Å². The highest BCUT2D eigenvalue weighted by Crippen LogP contribution is 2.16. The van der Waals surface area contributed by atoms with Gasteiger partial charge in [0.2, 0.25) is 11.0 Å². The molecule has 112 valence electrons. The van der Waals surface area contributed by atoms with Crippen molar-refractivity contribution in [3.63, 3.8) is 0 Å². The predicted molar refractivity (Wildman–Crippen MR) is 83.4 cm³/mol. The van der Waals surface area contributed by atoms with Gasteiger partial charge in [0.25, 0.3) is 0 Å². The topological polar surface area (TPSA) is 64.1 Å². The van der Waals surface area contributed by atoms with Gasteiger partial charge >= 0.3 is 0 Å². The lowest BCUT2D eigenvalue weighted by Gasteiger charge is -2.02. The van der Waals surface area contributed by atoms with E-state index in [-0.39, 0.29) is 5.91 Å². The van der Waals surface area contributed by atoms with Crippen molar-refractivity contribution < 1.29 is 9.53 Å². The minimum Gasteiger partial charge on any atom is -0.377 e. The molecule has 0 fully saturated rings. The van der Waals surface area contributed by atoms with E-state index in [1.807, 2.05) is 0 Å². The Hall–Kier alpha value is -1.79. The molecule has 2 aromatic rings. The molecule has 0 unspecified atom stereocenters. The first-order valence-corrected chi connectivity index (χ1v) is 7.66. The van der Waals surface area contributed by atoms with Gasteiger partial charge in [-0.2, -0.15) is 0 Å². The van der Waals surface area contributed by atoms with E-state index < -0.39 is 0 Å². The molecule has 0 spiro atoms. The number of nitrogens with zero attached hydrogens (tertiary/aromatic N) is 2. The standard InChI is InChI=1S/C15H19N3O2S/c1-11-6-8-12(9-7-11)4-3-5-13(19)16-15-18-17-14(21-15)10-20-2/h6-9H,3-5,10H2,1-2H3,(H,16,18,19). The lowest BCUT2D eigenvalue weighted by atomic mass is 10.1. The van der Waals surface area contributed by atoms with Crippen LogP contribution >= 0.6 is 11.3 Å². The van der Waals surface area contributed by atoms with Gasteiger partial charge in [-0.1, -0.05) is 41.2 Å². The smallest absolute Gasteiger partial charge is 0.226 e. The maximum atomic E-state index is 11.8. The Morgan fingerprint density at radius 1 is 1.29 bits per heavy atom. The van der Waals surface area contributed by atoms with Crippen molar-refractivity contribution in [1.82, 2.24) is 10.2 Å². The first-order valence-electron chi connectivity index (χ1n) is 6.84. The zero-order chi connectivity index (χ0) is 15.1. The van der Waals surface area contributed by atoms with Crippen LogP contribution in [0.5, 0.6) is 0 Å². The summed E-state index contributed by atoms with van der Waals surface area (Å²) in [6.45, 7) is 2.48. The SMILES string of the molecule is COCc1nnc(NC(=O)CCCc2ccc(C)cc2)s1. The largest absolute Gasteiger partial charge is 0.377 e. The summed E-state index contributed by atoms with van der Waals surface area (Å²) in [5.74, 6) is -0.0257. The molecule has 0 aliphatic heterocycles. The number of amides is 1. The molecular formula is C15H19N3O2S. The Balaban J connectivity index is 1.72. The number of carbonyl (C=O) groups excluding carboxylic acids is 1. The zero-order valence-electron chi connectivity index (χ0n) is 12.3. The van der Waals surface area contributed by atoms with E-state index in [1.165, 1.54) is 22.5 Å². The number of rotatable bonds is 7. The van der Waals surface area contributed by atoms with Crippen LogP contribution in [0, 0.1) is 6.92 Å². The summed E-state index contributed by atoms with van der Waals surface area (Å²) in [7, 11) is 1.60. The van der Waals surface area contributed by atoms with Crippen molar-refractivity contribution in [2.75, 3.05) is 12.4 Å². The van der Waals surface area contributed by atoms with E-state index in [4.69, 9.17) is 4.74 Å². The Bertz CT molecular complexity index is 581. The fraction of sp³-hybridized carbons (Fsp3) is 0.400. The van der Waals surface area contributed by atoms with Crippen LogP contribution in [0.25, 0.3) is 0 Å². The van der Waals surface area contributed by atoms with Crippen LogP contribution in [0.4, 0.5) is 5.13 Å². The van der Waals surface area contributed by atoms with E-state index in [0.29, 0.717) is 18.2 Å². The molecular weight excluding hydrogens is 286 g/mol. The summed E-state index contributed by atoms with van der Waals surface area (Å²) in [5, 5.41) is 11.9. The Labute approximate surface area is 128 Å². The van der Waals surface area contributed by atoms with Crippen molar-refractivity contribution in [3.8, 4) is 0 Å². The maximum absolute atomic E-state index is 11.8. The Kier molecular flexibility index (Phi) is 5.83. The zero-order valence-corrected chi connectivity index (χ0v) is 13.1. The van der Waals surface area contributed by atoms with Crippen molar-refractivity contribution in [2.24, 2.45) is 0 Å². The van der Waals surface area contributed by atoms with Crippen LogP contribution in [0.15, 0.2) is 24.3 Å². The Morgan fingerprint density at radius 3 is 2.76 bits per heavy atom. The minimum atomic E-state index is -0.0257. The minimum absolute atomic E-state index is 0.0257. The summed E-state index contributed by atoms with van der Waals surface area (Å²) in [5.41, 5.74) is 2.51. The molecule has 0 aliphatic carbocycles. The van der Waals surface area contributed by atoms with E-state index in [2.05, 4.69) is 46.7 Å². The average molecular weight is 305 g/mol. The number of aryl methyl sites for hydroxylation is 2. The molecule has 21 heavy (non-hydrogen) atoms. The van der Waals surface area contributed by atoms with E-state index >= 15 is 0 Å². The lowest BCUT2D eigenvalue weighted by molar-refractivity contribution is -0.116. The second-order valence-corrected chi connectivity index (χ2v) is 5.88. The van der Waals surface area contributed by atoms with Gasteiger partial charge in [0.15, 0.2) is 0 Å². The van der Waals surface area contributed by atoms with Gasteiger partial charge in [-0.15, -0.1) is 10.2 Å². The van der Waals surface area contributed by atoms with E-state index in [1.54, 1.807) is 7.11 Å². The third kappa shape index (κ3) is 5.24. The number of anilines is 1. The molecule has 1 amide bonds. The molecule has 0 saturated heterocycles. The van der Waals surface area contributed by atoms with Crippen molar-refractivity contribution in [2.45, 2.75) is 32.8 Å². The van der Waals surface area contributed by atoms with Gasteiger partial charge in [0.05, 0.1) is 0 Å². The summed E-state index contributed by atoms with van der Waals surface area (Å²) < 4.78 is 4.96. The Morgan fingerprint density at radius 2 is 2.05 bits per heavy atom. The van der Waals surface area contributed by atoms with Crippen molar-refractivity contribution in [1.29, 1.82) is 0 Å². The highest BCUT2D eigenvalue weighted by atomic mass is 32.1. The first kappa shape index (κ1) is 15.6. The predicted octanol–water partition coefficient (Wildman–Crippen LogP) is 2.95. The van der Waals surface area contributed by atoms with Crippen molar-refractivity contribution in [3.05, 3.63) is 40.4 Å². The van der Waals surface area contributed by atoms with Crippen LogP contribution in [0.3, 0.4) is 0 Å². The van der Waals surface area contributed by atoms with Crippen molar-refractivity contribution >= 4 is 22.4 Å². The molecule has 0 atom stereocenters. The molecule has 1 aromatic carbocycles. The molecule has 0 bridgehead atoms. The molecule has 1 heterocycles. The molecule has 0 aliphatic rings. The molecule has 1 aromatic heterocycles. The quantitative estimate of drug-likeness (QED) is 0.854. The van der Waals surface area contributed by atoms with Gasteiger partial charge in [-0.25, -0.2) is 0 Å². The number of aromatic nitrogens is 2.